The van der Waals surface area contributed by atoms with Gasteiger partial charge in [-0.3, -0.25) is 19.2 Å². The number of fused-ring (bicyclic) bond motifs is 1. The highest BCUT2D eigenvalue weighted by molar-refractivity contribution is 6.25. The van der Waals surface area contributed by atoms with Crippen molar-refractivity contribution in [2.45, 2.75) is 83.5 Å². The molecule has 2 rings (SSSR count). The van der Waals surface area contributed by atoms with Gasteiger partial charge in [0, 0.05) is 37.0 Å². The summed E-state index contributed by atoms with van der Waals surface area (Å²) in [5, 5.41) is 8.94. The van der Waals surface area contributed by atoms with Crippen LogP contribution in [0.2, 0.25) is 0 Å². The number of para-hydroxylation sites is 1. The first-order chi connectivity index (χ1) is 19.5. The Morgan fingerprint density at radius 3 is 2.44 bits per heavy atom. The molecule has 0 aliphatic carbocycles. The number of aromatic amines is 1. The van der Waals surface area contributed by atoms with Crippen LogP contribution < -0.4 is 21.7 Å². The molecule has 0 unspecified atom stereocenters. The number of nitrogens with one attached hydrogen (secondary N) is 5. The zero-order valence-electron chi connectivity index (χ0n) is 23.7. The van der Waals surface area contributed by atoms with Crippen LogP contribution in [0, 0.1) is 5.53 Å². The highest BCUT2D eigenvalue weighted by Gasteiger charge is 2.30. The Morgan fingerprint density at radius 2 is 1.76 bits per heavy atom. The first-order valence-corrected chi connectivity index (χ1v) is 13.6. The number of ketones is 1. The van der Waals surface area contributed by atoms with Crippen LogP contribution in [0.25, 0.3) is 10.9 Å². The van der Waals surface area contributed by atoms with Crippen molar-refractivity contribution in [1.82, 2.24) is 20.9 Å². The van der Waals surface area contributed by atoms with Gasteiger partial charge in [0.2, 0.25) is 23.5 Å². The lowest BCUT2D eigenvalue weighted by atomic mass is 10.0. The molecule has 0 fully saturated rings. The Hall–Kier alpha value is -4.35. The molecule has 0 saturated carbocycles. The number of esters is 1. The molecule has 3 amide bonds. The van der Waals surface area contributed by atoms with E-state index in [4.69, 9.17) is 16.0 Å². The smallest absolute Gasteiger partial charge is 0.372 e. The molecule has 1 aromatic carbocycles. The molecule has 1 heterocycles. The van der Waals surface area contributed by atoms with Crippen molar-refractivity contribution in [3.63, 3.8) is 0 Å². The van der Waals surface area contributed by atoms with E-state index in [0.29, 0.717) is 19.4 Å². The molecule has 222 valence electrons. The molecule has 0 aliphatic heterocycles. The van der Waals surface area contributed by atoms with Gasteiger partial charge in [-0.2, -0.15) is 0 Å². The number of rotatable bonds is 17. The molecule has 0 bridgehead atoms. The van der Waals surface area contributed by atoms with Gasteiger partial charge in [-0.05, 0) is 57.6 Å². The fourth-order valence-corrected chi connectivity index (χ4v) is 4.17. The van der Waals surface area contributed by atoms with Gasteiger partial charge >= 0.3 is 12.2 Å². The van der Waals surface area contributed by atoms with E-state index in [-0.39, 0.29) is 31.6 Å². The molecule has 1 aromatic heterocycles. The van der Waals surface area contributed by atoms with Crippen molar-refractivity contribution in [3.8, 4) is 0 Å². The SMILES string of the molecule is CC(=O)NCCCC[C@H](NC(=O)[C@@H](N)Cc1c[nH]c2ccccc12)C(=O)N[C@@H](CCC(=O)C=[N+]=N)C(=O)OC(C)C. The van der Waals surface area contributed by atoms with E-state index in [1.807, 2.05) is 24.3 Å². The van der Waals surface area contributed by atoms with E-state index in [9.17, 15) is 24.0 Å². The minimum absolute atomic E-state index is 0.0780. The molecule has 0 aliphatic rings. The number of Topliss-reactive ketones (excluding diaryl/α,β-unsaturated/α-hetero) is 1. The van der Waals surface area contributed by atoms with Crippen molar-refractivity contribution < 1.29 is 33.5 Å². The lowest BCUT2D eigenvalue weighted by molar-refractivity contribution is -0.152. The minimum Gasteiger partial charge on any atom is -0.461 e. The lowest BCUT2D eigenvalue weighted by Crippen LogP contribution is -2.55. The molecule has 3 atom stereocenters. The van der Waals surface area contributed by atoms with Crippen LogP contribution >= 0.6 is 0 Å². The van der Waals surface area contributed by atoms with E-state index < -0.39 is 47.8 Å². The summed E-state index contributed by atoms with van der Waals surface area (Å²) >= 11 is 0. The molecular weight excluding hydrogens is 530 g/mol. The van der Waals surface area contributed by atoms with Crippen LogP contribution in [0.3, 0.4) is 0 Å². The number of hydrogen-bond donors (Lipinski definition) is 6. The molecule has 13 nitrogen and oxygen atoms in total. The number of unbranched alkanes of at least 4 members (excludes halogenated alkanes) is 1. The number of amides is 3. The quantitative estimate of drug-likeness (QED) is 0.0532. The average Bonchev–Trinajstić information content (AvgIpc) is 3.32. The number of carbonyl (C=O) groups is 5. The second-order valence-corrected chi connectivity index (χ2v) is 10.0. The Bertz CT molecular complexity index is 1270. The highest BCUT2D eigenvalue weighted by Crippen LogP contribution is 2.19. The fourth-order valence-electron chi connectivity index (χ4n) is 4.17. The zero-order valence-corrected chi connectivity index (χ0v) is 23.7. The molecule has 0 saturated heterocycles. The number of H-pyrrole nitrogens is 1. The molecular formula is C28H40N7O6+. The maximum absolute atomic E-state index is 13.3. The van der Waals surface area contributed by atoms with Gasteiger partial charge in [-0.1, -0.05) is 18.2 Å². The number of hydrogen-bond acceptors (Lipinski definition) is 8. The van der Waals surface area contributed by atoms with Crippen molar-refractivity contribution in [3.05, 3.63) is 36.0 Å². The van der Waals surface area contributed by atoms with Crippen LogP contribution in [0.4, 0.5) is 0 Å². The summed E-state index contributed by atoms with van der Waals surface area (Å²) in [5.74, 6) is -2.56. The van der Waals surface area contributed by atoms with E-state index >= 15 is 0 Å². The number of nitrogens with two attached hydrogens (primary N) is 1. The van der Waals surface area contributed by atoms with Crippen molar-refractivity contribution >= 4 is 46.6 Å². The minimum atomic E-state index is -1.16. The first kappa shape index (κ1) is 32.9. The Balaban J connectivity index is 2.14. The normalized spacial score (nSPS) is 13.0. The maximum Gasteiger partial charge on any atom is 0.372 e. The summed E-state index contributed by atoms with van der Waals surface area (Å²) < 4.78 is 5.25. The molecule has 41 heavy (non-hydrogen) atoms. The lowest BCUT2D eigenvalue weighted by Gasteiger charge is -2.24. The number of aromatic nitrogens is 1. The van der Waals surface area contributed by atoms with Crippen molar-refractivity contribution in [2.75, 3.05) is 6.54 Å². The summed E-state index contributed by atoms with van der Waals surface area (Å²) in [4.78, 5) is 68.2. The van der Waals surface area contributed by atoms with Crippen molar-refractivity contribution in [2.24, 2.45) is 5.73 Å². The zero-order chi connectivity index (χ0) is 30.4. The summed E-state index contributed by atoms with van der Waals surface area (Å²) in [6, 6.07) is 4.48. The standard InChI is InChI=1S/C28H39N7O6/c1-17(2)41-28(40)25(12-11-20(37)16-33-30)35-27(39)24(10-6-7-13-31-18(3)36)34-26(38)22(29)14-19-15-32-23-9-5-4-8-21(19)23/h4-5,8-9,15-17,22,24-25,30,32H,6-7,10-14,29H2,1-3H3,(H2-,31,34,35,36,38,39)/p+1/t22-,24-,25-/m0/s1. The number of carbonyl (C=O) groups excluding carboxylic acids is 5. The third-order valence-electron chi connectivity index (χ3n) is 6.22. The average molecular weight is 571 g/mol. The second-order valence-electron chi connectivity index (χ2n) is 10.0. The molecule has 0 radical (unpaired) electrons. The van der Waals surface area contributed by atoms with Crippen LogP contribution in [0.5, 0.6) is 0 Å². The van der Waals surface area contributed by atoms with E-state index in [1.165, 1.54) is 6.92 Å². The van der Waals surface area contributed by atoms with Crippen molar-refractivity contribution in [1.29, 1.82) is 5.53 Å². The van der Waals surface area contributed by atoms with Gasteiger partial charge in [0.15, 0.2) is 0 Å². The maximum atomic E-state index is 13.3. The van der Waals surface area contributed by atoms with Gasteiger partial charge in [0.05, 0.1) is 22.5 Å². The molecule has 0 spiro atoms. The Morgan fingerprint density at radius 1 is 1.05 bits per heavy atom. The molecule has 13 heteroatoms. The van der Waals surface area contributed by atoms with Crippen LogP contribution in [-0.2, 0) is 35.1 Å². The second kappa shape index (κ2) is 16.7. The summed E-state index contributed by atoms with van der Waals surface area (Å²) in [5.41, 5.74) is 14.8. The monoisotopic (exact) mass is 570 g/mol. The summed E-state index contributed by atoms with van der Waals surface area (Å²) in [7, 11) is 0. The number of nitrogens with zero attached hydrogens (tertiary/aromatic N) is 1. The Kier molecular flexibility index (Phi) is 13.4. The van der Waals surface area contributed by atoms with E-state index in [0.717, 1.165) is 22.7 Å². The third kappa shape index (κ3) is 11.3. The van der Waals surface area contributed by atoms with Gasteiger partial charge < -0.3 is 31.4 Å². The number of benzene rings is 1. The van der Waals surface area contributed by atoms with Crippen LogP contribution in [-0.4, -0.2) is 76.2 Å². The Labute approximate surface area is 238 Å². The van der Waals surface area contributed by atoms with E-state index in [1.54, 1.807) is 20.0 Å². The van der Waals surface area contributed by atoms with Gasteiger partial charge in [0.25, 0.3) is 0 Å². The van der Waals surface area contributed by atoms with Crippen LogP contribution in [0.15, 0.2) is 30.5 Å². The highest BCUT2D eigenvalue weighted by atomic mass is 16.5. The largest absolute Gasteiger partial charge is 0.461 e. The summed E-state index contributed by atoms with van der Waals surface area (Å²) in [6.45, 7) is 5.12. The number of ether oxygens (including phenoxy) is 1. The summed E-state index contributed by atoms with van der Waals surface area (Å²) in [6.07, 6.45) is 3.41. The predicted octanol–water partition coefficient (Wildman–Crippen LogP) is 0.925. The van der Waals surface area contributed by atoms with Gasteiger partial charge in [-0.25, -0.2) is 4.79 Å². The predicted molar refractivity (Wildman–Crippen MR) is 151 cm³/mol. The molecule has 2 aromatic rings. The van der Waals surface area contributed by atoms with Crippen LogP contribution in [0.1, 0.15) is 58.4 Å². The van der Waals surface area contributed by atoms with Gasteiger partial charge in [-0.15, -0.1) is 0 Å². The van der Waals surface area contributed by atoms with Gasteiger partial charge in [0.1, 0.15) is 12.1 Å². The topological polar surface area (TPSA) is 210 Å². The third-order valence-corrected chi connectivity index (χ3v) is 6.22. The molecule has 7 N–H and O–H groups in total. The fraction of sp³-hybridized carbons (Fsp3) is 0.500. The van der Waals surface area contributed by atoms with E-state index in [2.05, 4.69) is 25.7 Å². The first-order valence-electron chi connectivity index (χ1n) is 13.6.